The van der Waals surface area contributed by atoms with Gasteiger partial charge >= 0.3 is 18.8 Å². The summed E-state index contributed by atoms with van der Waals surface area (Å²) in [6.45, 7) is 0. The Bertz CT molecular complexity index is 2320. The van der Waals surface area contributed by atoms with E-state index in [0.29, 0.717) is 10.8 Å². The van der Waals surface area contributed by atoms with Crippen LogP contribution in [0.4, 0.5) is 34.1 Å². The van der Waals surface area contributed by atoms with Gasteiger partial charge in [0.15, 0.2) is 0 Å². The van der Waals surface area contributed by atoms with Crippen LogP contribution in [-0.2, 0) is 17.4 Å². The first-order chi connectivity index (χ1) is 28.6. The van der Waals surface area contributed by atoms with Crippen LogP contribution in [-0.4, -0.2) is 21.9 Å². The van der Waals surface area contributed by atoms with Gasteiger partial charge in [0.25, 0.3) is 11.4 Å². The number of hydrogen-bond acceptors (Lipinski definition) is 13. The van der Waals surface area contributed by atoms with E-state index in [1.54, 1.807) is 36.4 Å². The number of benzene rings is 6. The predicted octanol–water partition coefficient (Wildman–Crippen LogP) is 9.97. The van der Waals surface area contributed by atoms with E-state index in [4.69, 9.17) is 0 Å². The summed E-state index contributed by atoms with van der Waals surface area (Å²) < 4.78 is 0. The minimum absolute atomic E-state index is 0. The molecule has 1 N–H and O–H groups in total. The minimum Gasteiger partial charge on any atom is -0.871 e. The van der Waals surface area contributed by atoms with Gasteiger partial charge in [0, 0.05) is 47.1 Å². The van der Waals surface area contributed by atoms with Gasteiger partial charge in [0.1, 0.15) is 0 Å². The number of nitrogens with zero attached hydrogens (tertiary/aromatic N) is 6. The van der Waals surface area contributed by atoms with Crippen LogP contribution in [0.15, 0.2) is 130 Å². The number of nitro benzene ring substituents is 2. The topological polar surface area (TPSA) is 240 Å². The maximum absolute atomic E-state index is 12.0. The van der Waals surface area contributed by atoms with Gasteiger partial charge in [-0.3, -0.25) is 20.2 Å². The Morgan fingerprint density at radius 3 is 1.23 bits per heavy atom. The molecule has 15 nitrogen and oxygen atoms in total. The number of non-ortho nitro benzene ring substituents is 2. The van der Waals surface area contributed by atoms with Gasteiger partial charge in [-0.1, -0.05) is 146 Å². The Kier molecular flexibility index (Phi) is 16.0. The number of rotatable bonds is 8. The van der Waals surface area contributed by atoms with E-state index in [1.165, 1.54) is 76.3 Å². The second-order valence-electron chi connectivity index (χ2n) is 14.3. The first-order valence-electron chi connectivity index (χ1n) is 19.5. The van der Waals surface area contributed by atoms with Crippen LogP contribution in [0.3, 0.4) is 0 Å². The van der Waals surface area contributed by atoms with Gasteiger partial charge in [0.2, 0.25) is 0 Å². The van der Waals surface area contributed by atoms with Crippen molar-refractivity contribution in [2.45, 2.75) is 76.3 Å². The van der Waals surface area contributed by atoms with E-state index in [0.717, 1.165) is 59.3 Å². The molecule has 2 aliphatic rings. The van der Waals surface area contributed by atoms with Crippen molar-refractivity contribution in [3.8, 4) is 23.0 Å². The molecule has 8 rings (SSSR count). The van der Waals surface area contributed by atoms with Crippen LogP contribution in [0.25, 0.3) is 21.5 Å². The zero-order valence-corrected chi connectivity index (χ0v) is 33.8. The summed E-state index contributed by atoms with van der Waals surface area (Å²) in [6.07, 6.45) is 14.6. The van der Waals surface area contributed by atoms with E-state index in [-0.39, 0.29) is 64.4 Å². The van der Waals surface area contributed by atoms with Crippen LogP contribution in [0, 0.1) is 20.2 Å². The average molecular weight is 849 g/mol. The summed E-state index contributed by atoms with van der Waals surface area (Å²) in [5, 5.41) is 90.7. The van der Waals surface area contributed by atoms with Crippen LogP contribution in [0.1, 0.15) is 65.6 Å². The van der Waals surface area contributed by atoms with E-state index < -0.39 is 21.3 Å². The molecule has 0 unspecified atom stereocenters. The van der Waals surface area contributed by atoms with E-state index >= 15 is 0 Å². The average Bonchev–Trinajstić information content (AvgIpc) is 3.25. The fraction of sp³-hybridized carbons (Fsp3) is 0.273. The maximum Gasteiger partial charge on any atom is 3.00 e. The fourth-order valence-electron chi connectivity index (χ4n) is 7.15. The first-order valence-corrected chi connectivity index (χ1v) is 19.5. The molecule has 60 heavy (non-hydrogen) atoms. The van der Waals surface area contributed by atoms with Gasteiger partial charge in [-0.15, -0.1) is 0 Å². The summed E-state index contributed by atoms with van der Waals surface area (Å²) in [6, 6.07) is 28.4. The summed E-state index contributed by atoms with van der Waals surface area (Å²) in [4.78, 5) is 20.2. The standard InChI is InChI=1S/2C16H11N3O4.C12H23N.Cr/c2*20-14-8-6-11(19(22)23)9-13(14)17-18-16-12-4-2-1-3-10(12)5-7-15(16)21;1-3-7-11(8-4-1)13-12-9-5-2-6-10-12;/h2*1-9,20-21H;11-13H,1-10H2;/q;;;+3/p-3. The molecule has 0 saturated heterocycles. The molecule has 0 atom stereocenters. The quantitative estimate of drug-likeness (QED) is 0.0869. The molecule has 0 bridgehead atoms. The van der Waals surface area contributed by atoms with Crippen molar-refractivity contribution in [1.29, 1.82) is 0 Å². The Balaban J connectivity index is 0.000000206. The molecule has 6 aromatic rings. The van der Waals surface area contributed by atoms with Crippen molar-refractivity contribution in [2.75, 3.05) is 0 Å². The third-order valence-corrected chi connectivity index (χ3v) is 10.2. The fourth-order valence-corrected chi connectivity index (χ4v) is 7.15. The summed E-state index contributed by atoms with van der Waals surface area (Å²) in [7, 11) is 0. The Hall–Kier alpha value is -6.47. The molecular formula is C44H42CrN7O8. The van der Waals surface area contributed by atoms with Crippen molar-refractivity contribution in [2.24, 2.45) is 20.5 Å². The SMILES string of the molecule is C1CCC(NC2CCCCC2)CC1.O=[N+]([O-])c1ccc([O-])c(N=Nc2c([O-])ccc3ccccc23)c1.O=[N+]([O-])c1ccc([O-])c(N=Nc2c([O-])ccc3ccccc23)c1.[Cr+3].[H+]. The molecule has 0 aliphatic heterocycles. The smallest absolute Gasteiger partial charge is 0.871 e. The van der Waals surface area contributed by atoms with Gasteiger partial charge < -0.3 is 25.7 Å². The molecule has 0 aromatic heterocycles. The number of nitro groups is 2. The molecule has 1 radical (unpaired) electrons. The van der Waals surface area contributed by atoms with Gasteiger partial charge in [0.05, 0.1) is 32.6 Å². The Morgan fingerprint density at radius 1 is 0.483 bits per heavy atom. The van der Waals surface area contributed by atoms with Crippen LogP contribution < -0.4 is 25.7 Å². The summed E-state index contributed by atoms with van der Waals surface area (Å²) in [5.74, 6) is -1.70. The van der Waals surface area contributed by atoms with Crippen molar-refractivity contribution >= 4 is 55.7 Å². The van der Waals surface area contributed by atoms with E-state index in [1.807, 2.05) is 24.3 Å². The third-order valence-electron chi connectivity index (χ3n) is 10.2. The van der Waals surface area contributed by atoms with Crippen LogP contribution in [0.5, 0.6) is 23.0 Å². The molecule has 6 aromatic carbocycles. The van der Waals surface area contributed by atoms with Crippen molar-refractivity contribution in [3.63, 3.8) is 0 Å². The maximum atomic E-state index is 12.0. The number of hydrogen-bond donors (Lipinski definition) is 1. The molecule has 0 spiro atoms. The molecule has 2 fully saturated rings. The molecule has 0 heterocycles. The van der Waals surface area contributed by atoms with Crippen LogP contribution in [0.2, 0.25) is 0 Å². The molecule has 16 heteroatoms. The number of fused-ring (bicyclic) bond motifs is 2. The number of nitrogens with one attached hydrogen (secondary N) is 1. The molecule has 307 valence electrons. The summed E-state index contributed by atoms with van der Waals surface area (Å²) in [5.41, 5.74) is -0.723. The van der Waals surface area contributed by atoms with Gasteiger partial charge in [-0.05, 0) is 36.5 Å². The molecule has 2 aliphatic carbocycles. The second-order valence-corrected chi connectivity index (χ2v) is 14.3. The normalized spacial score (nSPS) is 14.5. The number of azo groups is 2. The first kappa shape index (κ1) is 44.6. The summed E-state index contributed by atoms with van der Waals surface area (Å²) >= 11 is 0. The molecular weight excluding hydrogens is 807 g/mol. The Morgan fingerprint density at radius 2 is 0.850 bits per heavy atom. The van der Waals surface area contributed by atoms with Crippen LogP contribution >= 0.6 is 0 Å². The Labute approximate surface area is 358 Å². The predicted molar refractivity (Wildman–Crippen MR) is 218 cm³/mol. The van der Waals surface area contributed by atoms with Crippen molar-refractivity contribution in [1.82, 2.24) is 5.32 Å². The third kappa shape index (κ3) is 11.8. The van der Waals surface area contributed by atoms with Crippen molar-refractivity contribution < 1.29 is 49.1 Å². The van der Waals surface area contributed by atoms with Gasteiger partial charge in [-0.2, -0.15) is 20.5 Å². The monoisotopic (exact) mass is 848 g/mol. The minimum atomic E-state index is -0.630. The van der Waals surface area contributed by atoms with E-state index in [9.17, 15) is 40.7 Å². The zero-order chi connectivity index (χ0) is 41.7. The van der Waals surface area contributed by atoms with Gasteiger partial charge in [-0.25, -0.2) is 0 Å². The molecule has 2 saturated carbocycles. The largest absolute Gasteiger partial charge is 3.00 e. The molecule has 0 amide bonds. The van der Waals surface area contributed by atoms with Crippen molar-refractivity contribution in [3.05, 3.63) is 129 Å². The zero-order valence-electron chi connectivity index (χ0n) is 33.5. The second kappa shape index (κ2) is 21.5. The van der Waals surface area contributed by atoms with E-state index in [2.05, 4.69) is 25.8 Å².